The Labute approximate surface area is 174 Å². The van der Waals surface area contributed by atoms with Crippen molar-refractivity contribution in [3.05, 3.63) is 83.9 Å². The van der Waals surface area contributed by atoms with E-state index in [0.717, 1.165) is 0 Å². The van der Waals surface area contributed by atoms with Crippen molar-refractivity contribution in [1.82, 2.24) is 10.3 Å². The second kappa shape index (κ2) is 9.36. The quantitative estimate of drug-likeness (QED) is 0.574. The van der Waals surface area contributed by atoms with Gasteiger partial charge in [0, 0.05) is 18.8 Å². The van der Waals surface area contributed by atoms with E-state index in [1.807, 2.05) is 0 Å². The number of rotatable bonds is 8. The maximum Gasteiger partial charge on any atom is 0.262 e. The highest BCUT2D eigenvalue weighted by Crippen LogP contribution is 2.26. The fraction of sp³-hybridized carbons (Fsp3) is 0.143. The molecule has 0 aliphatic rings. The van der Waals surface area contributed by atoms with Crippen molar-refractivity contribution in [1.29, 1.82) is 0 Å². The molecule has 30 heavy (non-hydrogen) atoms. The minimum Gasteiger partial charge on any atom is -0.494 e. The van der Waals surface area contributed by atoms with Crippen LogP contribution in [0.1, 0.15) is 15.9 Å². The first kappa shape index (κ1) is 21.3. The lowest BCUT2D eigenvalue weighted by Crippen LogP contribution is -2.28. The number of nitrogens with one attached hydrogen (secondary N) is 2. The highest BCUT2D eigenvalue weighted by molar-refractivity contribution is 7.92. The Kier molecular flexibility index (Phi) is 6.63. The smallest absolute Gasteiger partial charge is 0.262 e. The van der Waals surface area contributed by atoms with E-state index in [1.54, 1.807) is 24.3 Å². The molecular formula is C21H20FN3O4S. The maximum absolute atomic E-state index is 13.7. The molecule has 0 atom stereocenters. The lowest BCUT2D eigenvalue weighted by molar-refractivity contribution is 0.0950. The predicted octanol–water partition coefficient (Wildman–Crippen LogP) is 3.00. The van der Waals surface area contributed by atoms with Gasteiger partial charge in [-0.15, -0.1) is 0 Å². The van der Waals surface area contributed by atoms with Crippen LogP contribution in [-0.4, -0.2) is 33.0 Å². The fourth-order valence-electron chi connectivity index (χ4n) is 2.83. The first-order valence-corrected chi connectivity index (χ1v) is 10.5. The summed E-state index contributed by atoms with van der Waals surface area (Å²) in [5.74, 6) is -0.643. The average molecular weight is 429 g/mol. The average Bonchev–Trinajstić information content (AvgIpc) is 2.75. The molecule has 0 bridgehead atoms. The number of anilines is 1. The van der Waals surface area contributed by atoms with Crippen LogP contribution in [0, 0.1) is 5.82 Å². The lowest BCUT2D eigenvalue weighted by atomic mass is 10.1. The number of amides is 1. The van der Waals surface area contributed by atoms with Gasteiger partial charge in [-0.05, 0) is 30.2 Å². The Morgan fingerprint density at radius 2 is 1.83 bits per heavy atom. The fourth-order valence-corrected chi connectivity index (χ4v) is 4.09. The number of methoxy groups -OCH3 is 1. The van der Waals surface area contributed by atoms with Gasteiger partial charge >= 0.3 is 0 Å². The zero-order valence-electron chi connectivity index (χ0n) is 16.1. The van der Waals surface area contributed by atoms with Crippen LogP contribution in [0.3, 0.4) is 0 Å². The van der Waals surface area contributed by atoms with Crippen molar-refractivity contribution in [3.8, 4) is 5.75 Å². The molecule has 0 saturated carbocycles. The number of benzene rings is 2. The Morgan fingerprint density at radius 1 is 1.10 bits per heavy atom. The molecule has 0 saturated heterocycles. The van der Waals surface area contributed by atoms with Crippen LogP contribution in [0.15, 0.2) is 71.9 Å². The zero-order chi connectivity index (χ0) is 21.6. The third-order valence-electron chi connectivity index (χ3n) is 4.30. The van der Waals surface area contributed by atoms with E-state index in [2.05, 4.69) is 15.0 Å². The summed E-state index contributed by atoms with van der Waals surface area (Å²) in [6, 6.07) is 13.6. The molecule has 0 aliphatic carbocycles. The maximum atomic E-state index is 13.7. The van der Waals surface area contributed by atoms with E-state index >= 15 is 0 Å². The largest absolute Gasteiger partial charge is 0.494 e. The third-order valence-corrected chi connectivity index (χ3v) is 5.73. The van der Waals surface area contributed by atoms with Crippen molar-refractivity contribution in [2.75, 3.05) is 18.4 Å². The first-order valence-electron chi connectivity index (χ1n) is 9.04. The number of hydrogen-bond acceptors (Lipinski definition) is 5. The molecule has 0 unspecified atom stereocenters. The minimum absolute atomic E-state index is 0.0265. The van der Waals surface area contributed by atoms with Gasteiger partial charge in [0.2, 0.25) is 0 Å². The van der Waals surface area contributed by atoms with Crippen molar-refractivity contribution >= 4 is 21.6 Å². The van der Waals surface area contributed by atoms with Gasteiger partial charge in [0.05, 0.1) is 18.9 Å². The Bertz CT molecular complexity index is 1150. The second-order valence-electron chi connectivity index (χ2n) is 6.27. The number of hydrogen-bond donors (Lipinski definition) is 2. The van der Waals surface area contributed by atoms with Gasteiger partial charge in [-0.2, -0.15) is 0 Å². The van der Waals surface area contributed by atoms with Crippen LogP contribution in [0.4, 0.5) is 10.1 Å². The van der Waals surface area contributed by atoms with Gasteiger partial charge in [-0.3, -0.25) is 14.5 Å². The number of halogens is 1. The summed E-state index contributed by atoms with van der Waals surface area (Å²) in [5.41, 5.74) is 0.584. The number of carbonyl (C=O) groups is 1. The summed E-state index contributed by atoms with van der Waals surface area (Å²) < 4.78 is 47.1. The van der Waals surface area contributed by atoms with Gasteiger partial charge in [-0.1, -0.05) is 30.3 Å². The molecule has 9 heteroatoms. The molecule has 7 nitrogen and oxygen atoms in total. The van der Waals surface area contributed by atoms with Crippen LogP contribution in [0.2, 0.25) is 0 Å². The lowest BCUT2D eigenvalue weighted by Gasteiger charge is -2.14. The summed E-state index contributed by atoms with van der Waals surface area (Å²) in [5, 5.41) is 2.64. The van der Waals surface area contributed by atoms with Gasteiger partial charge < -0.3 is 10.1 Å². The molecule has 0 aliphatic heterocycles. The third kappa shape index (κ3) is 4.93. The minimum atomic E-state index is -4.10. The highest BCUT2D eigenvalue weighted by atomic mass is 32.2. The number of aromatic nitrogens is 1. The van der Waals surface area contributed by atoms with E-state index in [9.17, 15) is 17.6 Å². The molecular weight excluding hydrogens is 409 g/mol. The number of sulfonamides is 1. The van der Waals surface area contributed by atoms with Crippen LogP contribution in [0.25, 0.3) is 0 Å². The zero-order valence-corrected chi connectivity index (χ0v) is 16.9. The predicted molar refractivity (Wildman–Crippen MR) is 110 cm³/mol. The molecule has 0 spiro atoms. The van der Waals surface area contributed by atoms with Gasteiger partial charge in [0.1, 0.15) is 22.1 Å². The van der Waals surface area contributed by atoms with Crippen LogP contribution in [-0.2, 0) is 16.4 Å². The van der Waals surface area contributed by atoms with Crippen molar-refractivity contribution in [2.45, 2.75) is 11.3 Å². The number of nitrogens with zero attached hydrogens (tertiary/aromatic N) is 1. The topological polar surface area (TPSA) is 97.4 Å². The Balaban J connectivity index is 1.77. The standard InChI is InChI=1S/C21H20FN3O4S/c1-29-19-11-12-23-14-18(19)25-30(27,28)20-9-5-3-7-16(20)21(26)24-13-10-15-6-2-4-8-17(15)22/h2-9,11-12,14,25H,10,13H2,1H3,(H,24,26). The molecule has 0 fully saturated rings. The van der Waals surface area contributed by atoms with E-state index in [1.165, 1.54) is 49.8 Å². The summed E-state index contributed by atoms with van der Waals surface area (Å²) in [7, 11) is -2.69. The molecule has 0 radical (unpaired) electrons. The molecule has 2 aromatic carbocycles. The molecule has 2 N–H and O–H groups in total. The van der Waals surface area contributed by atoms with Gasteiger partial charge in [0.25, 0.3) is 15.9 Å². The molecule has 3 rings (SSSR count). The molecule has 1 heterocycles. The van der Waals surface area contributed by atoms with E-state index in [4.69, 9.17) is 4.74 Å². The second-order valence-corrected chi connectivity index (χ2v) is 7.93. The number of pyridine rings is 1. The Morgan fingerprint density at radius 3 is 2.60 bits per heavy atom. The summed E-state index contributed by atoms with van der Waals surface area (Å²) in [6.45, 7) is 0.151. The number of ether oxygens (including phenoxy) is 1. The van der Waals surface area contributed by atoms with E-state index in [-0.39, 0.29) is 34.9 Å². The molecule has 3 aromatic rings. The SMILES string of the molecule is COc1ccncc1NS(=O)(=O)c1ccccc1C(=O)NCCc1ccccc1F. The molecule has 1 aromatic heterocycles. The monoisotopic (exact) mass is 429 g/mol. The van der Waals surface area contributed by atoms with E-state index < -0.39 is 15.9 Å². The van der Waals surface area contributed by atoms with Crippen LogP contribution >= 0.6 is 0 Å². The first-order chi connectivity index (χ1) is 14.4. The normalized spacial score (nSPS) is 11.0. The van der Waals surface area contributed by atoms with Crippen LogP contribution < -0.4 is 14.8 Å². The van der Waals surface area contributed by atoms with Gasteiger partial charge in [-0.25, -0.2) is 12.8 Å². The summed E-state index contributed by atoms with van der Waals surface area (Å²) >= 11 is 0. The summed E-state index contributed by atoms with van der Waals surface area (Å²) in [6.07, 6.45) is 3.06. The molecule has 156 valence electrons. The van der Waals surface area contributed by atoms with E-state index in [0.29, 0.717) is 11.3 Å². The van der Waals surface area contributed by atoms with Crippen molar-refractivity contribution in [2.24, 2.45) is 0 Å². The summed E-state index contributed by atoms with van der Waals surface area (Å²) in [4.78, 5) is 16.3. The van der Waals surface area contributed by atoms with Gasteiger partial charge in [0.15, 0.2) is 0 Å². The highest BCUT2D eigenvalue weighted by Gasteiger charge is 2.23. The Hall–Kier alpha value is -3.46. The van der Waals surface area contributed by atoms with Crippen molar-refractivity contribution < 1.29 is 22.3 Å². The molecule has 1 amide bonds. The van der Waals surface area contributed by atoms with Crippen molar-refractivity contribution in [3.63, 3.8) is 0 Å². The number of carbonyl (C=O) groups excluding carboxylic acids is 1. The van der Waals surface area contributed by atoms with Crippen LogP contribution in [0.5, 0.6) is 5.75 Å².